The van der Waals surface area contributed by atoms with E-state index >= 15 is 0 Å². The van der Waals surface area contributed by atoms with Crippen LogP contribution < -0.4 is 0 Å². The summed E-state index contributed by atoms with van der Waals surface area (Å²) in [7, 11) is -8.70. The largest absolute Gasteiger partial charge is 2.00 e. The third-order valence-electron chi connectivity index (χ3n) is 26.0. The number of hydrogen-bond acceptors (Lipinski definition) is 6. The molecule has 0 saturated carbocycles. The molecule has 0 aliphatic heterocycles. The van der Waals surface area contributed by atoms with Crippen molar-refractivity contribution in [3.63, 3.8) is 0 Å². The summed E-state index contributed by atoms with van der Waals surface area (Å²) >= 11 is 0. The molecule has 0 unspecified atom stereocenters. The van der Waals surface area contributed by atoms with Crippen molar-refractivity contribution in [1.29, 1.82) is 0 Å². The van der Waals surface area contributed by atoms with E-state index in [0.717, 1.165) is 36.8 Å². The first kappa shape index (κ1) is 117. The van der Waals surface area contributed by atoms with Gasteiger partial charge in [0.2, 0.25) is 0 Å². The van der Waals surface area contributed by atoms with Crippen LogP contribution in [0.15, 0.2) is 58.3 Å². The molecule has 0 atom stereocenters. The van der Waals surface area contributed by atoms with Crippen LogP contribution in [0.1, 0.15) is 616 Å². The normalized spacial score (nSPS) is 11.8. The number of unbranched alkanes of at least 4 members (excludes halogenated alkanes) is 90. The number of aryl methyl sites for hydroxylation is 2. The third-order valence-corrected chi connectivity index (χ3v) is 27.7. The van der Waals surface area contributed by atoms with Gasteiger partial charge in [0.1, 0.15) is 20.2 Å². The van der Waals surface area contributed by atoms with Gasteiger partial charge in [-0.3, -0.25) is 0 Å². The Morgan fingerprint density at radius 1 is 0.171 bits per heavy atom. The molecule has 0 aromatic heterocycles. The minimum Gasteiger partial charge on any atom is -0.744 e. The predicted octanol–water partition coefficient (Wildman–Crippen LogP) is 37.8. The van der Waals surface area contributed by atoms with E-state index in [4.69, 9.17) is 0 Å². The summed E-state index contributed by atoms with van der Waals surface area (Å²) in [6.07, 6.45) is 134. The fraction of sp³-hybridized carbons (Fsp3) is 0.889. The maximum atomic E-state index is 11.2. The van der Waals surface area contributed by atoms with Crippen LogP contribution in [0.2, 0.25) is 0 Å². The van der Waals surface area contributed by atoms with Crippen molar-refractivity contribution in [3.8, 4) is 0 Å². The van der Waals surface area contributed by atoms with Crippen molar-refractivity contribution >= 4 is 69.1 Å². The zero-order valence-electron chi connectivity index (χ0n) is 79.1. The van der Waals surface area contributed by atoms with Crippen molar-refractivity contribution in [2.45, 2.75) is 627 Å². The Morgan fingerprint density at radius 3 is 0.376 bits per heavy atom. The van der Waals surface area contributed by atoms with E-state index < -0.39 is 20.2 Å². The molecule has 0 spiro atoms. The van der Waals surface area contributed by atoms with Crippen molar-refractivity contribution in [2.24, 2.45) is 0 Å². The first-order valence-corrected chi connectivity index (χ1v) is 56.0. The van der Waals surface area contributed by atoms with E-state index in [1.54, 1.807) is 12.1 Å². The standard InChI is InChI=1S/2C54H102O3S.Ba/c2*1-2-3-4-5-6-7-8-9-10-11-12-13-14-15-16-17-18-19-20-21-22-23-24-25-26-27-28-29-30-31-32-33-34-35-36-37-38-39-40-41-42-43-44-45-46-47-49-53-50-48-51-54(52-53)58(55,56)57;/h2*48,50-52H,2-47,49H2,1H3,(H,55,56,57);/q;;+2/p-2. The topological polar surface area (TPSA) is 114 Å². The summed E-state index contributed by atoms with van der Waals surface area (Å²) in [4.78, 5) is -0.209. The first-order valence-electron chi connectivity index (χ1n) is 53.2. The fourth-order valence-corrected chi connectivity index (χ4v) is 19.2. The smallest absolute Gasteiger partial charge is 0.744 e. The van der Waals surface area contributed by atoms with Gasteiger partial charge in [0.25, 0.3) is 0 Å². The summed E-state index contributed by atoms with van der Waals surface area (Å²) in [6.45, 7) is 4.61. The molecule has 0 aliphatic rings. The summed E-state index contributed by atoms with van der Waals surface area (Å²) < 4.78 is 67.1. The van der Waals surface area contributed by atoms with Crippen LogP contribution in [0.5, 0.6) is 0 Å². The van der Waals surface area contributed by atoms with E-state index in [1.165, 1.54) is 602 Å². The maximum Gasteiger partial charge on any atom is 2.00 e. The second-order valence-electron chi connectivity index (χ2n) is 37.5. The minimum absolute atomic E-state index is 0. The predicted molar refractivity (Wildman–Crippen MR) is 518 cm³/mol. The average Bonchev–Trinajstić information content (AvgIpc) is 0.863. The van der Waals surface area contributed by atoms with E-state index in [2.05, 4.69) is 13.8 Å². The van der Waals surface area contributed by atoms with E-state index in [-0.39, 0.29) is 58.7 Å². The maximum absolute atomic E-state index is 11.2. The molecule has 0 heterocycles. The van der Waals surface area contributed by atoms with E-state index in [9.17, 15) is 25.9 Å². The average molecular weight is 1800 g/mol. The Labute approximate surface area is 774 Å². The van der Waals surface area contributed by atoms with Gasteiger partial charge in [0, 0.05) is 0 Å². The molecule has 684 valence electrons. The molecular formula is C108H202BaO6S2. The quantitative estimate of drug-likeness (QED) is 0.0370. The fourth-order valence-electron chi connectivity index (χ4n) is 18.1. The van der Waals surface area contributed by atoms with Crippen LogP contribution in [0.4, 0.5) is 0 Å². The number of benzene rings is 2. The Bertz CT molecular complexity index is 2280. The summed E-state index contributed by atoms with van der Waals surface area (Å²) in [6, 6.07) is 13.0. The summed E-state index contributed by atoms with van der Waals surface area (Å²) in [5.74, 6) is 0. The molecule has 117 heavy (non-hydrogen) atoms. The monoisotopic (exact) mass is 1800 g/mol. The van der Waals surface area contributed by atoms with E-state index in [1.807, 2.05) is 12.1 Å². The molecule has 2 aromatic carbocycles. The molecule has 0 bridgehead atoms. The molecule has 0 N–H and O–H groups in total. The SMILES string of the molecule is CCCCCCCCCCCCCCCCCCCCCCCCCCCCCCCCCCCCCCCCCCCCCCCCc1cccc(S(=O)(=O)[O-])c1.CCCCCCCCCCCCCCCCCCCCCCCCCCCCCCCCCCCCCCCCCCCCCCCCc1cccc(S(=O)(=O)[O-])c1.[Ba+2]. The first-order chi connectivity index (χ1) is 57.1. The van der Waals surface area contributed by atoms with Gasteiger partial charge in [-0.2, -0.15) is 0 Å². The van der Waals surface area contributed by atoms with Crippen molar-refractivity contribution in [1.82, 2.24) is 0 Å². The van der Waals surface area contributed by atoms with Crippen LogP contribution in [-0.2, 0) is 33.1 Å². The van der Waals surface area contributed by atoms with Crippen LogP contribution in [0.25, 0.3) is 0 Å². The second-order valence-corrected chi connectivity index (χ2v) is 40.3. The van der Waals surface area contributed by atoms with Gasteiger partial charge in [-0.1, -0.05) is 616 Å². The molecule has 0 amide bonds. The zero-order valence-corrected chi connectivity index (χ0v) is 85.1. The molecule has 6 nitrogen and oxygen atoms in total. The van der Waals surface area contributed by atoms with Gasteiger partial charge in [0.05, 0.1) is 9.79 Å². The molecule has 2 aromatic rings. The second kappa shape index (κ2) is 96.5. The van der Waals surface area contributed by atoms with Crippen LogP contribution >= 0.6 is 0 Å². The van der Waals surface area contributed by atoms with Crippen molar-refractivity contribution in [3.05, 3.63) is 59.7 Å². The van der Waals surface area contributed by atoms with Gasteiger partial charge in [-0.15, -0.1) is 0 Å². The molecule has 0 radical (unpaired) electrons. The van der Waals surface area contributed by atoms with Crippen LogP contribution in [-0.4, -0.2) is 74.8 Å². The van der Waals surface area contributed by atoms with Crippen LogP contribution in [0.3, 0.4) is 0 Å². The van der Waals surface area contributed by atoms with Crippen molar-refractivity contribution < 1.29 is 25.9 Å². The Hall–Kier alpha value is -0.169. The molecule has 0 saturated heterocycles. The van der Waals surface area contributed by atoms with Gasteiger partial charge >= 0.3 is 48.9 Å². The minimum atomic E-state index is -4.35. The summed E-state index contributed by atoms with van der Waals surface area (Å²) in [5.41, 5.74) is 1.91. The van der Waals surface area contributed by atoms with Crippen molar-refractivity contribution in [2.75, 3.05) is 0 Å². The number of hydrogen-bond donors (Lipinski definition) is 0. The Morgan fingerprint density at radius 2 is 0.274 bits per heavy atom. The molecule has 2 rings (SSSR count). The zero-order chi connectivity index (χ0) is 83.4. The Kier molecular flexibility index (Phi) is 96.3. The van der Waals surface area contributed by atoms with Crippen LogP contribution in [0, 0.1) is 0 Å². The Balaban J connectivity index is 0.00000228. The molecule has 0 fully saturated rings. The van der Waals surface area contributed by atoms with Gasteiger partial charge < -0.3 is 9.11 Å². The van der Waals surface area contributed by atoms with Gasteiger partial charge in [-0.05, 0) is 61.1 Å². The van der Waals surface area contributed by atoms with E-state index in [0.29, 0.717) is 0 Å². The van der Waals surface area contributed by atoms with Gasteiger partial charge in [-0.25, -0.2) is 16.8 Å². The molecule has 9 heteroatoms. The molecular weight excluding hydrogens is 1590 g/mol. The summed E-state index contributed by atoms with van der Waals surface area (Å²) in [5, 5.41) is 0. The third kappa shape index (κ3) is 91.8. The molecule has 0 aliphatic carbocycles. The number of rotatable bonds is 96. The van der Waals surface area contributed by atoms with Gasteiger partial charge in [0.15, 0.2) is 0 Å².